The summed E-state index contributed by atoms with van der Waals surface area (Å²) in [6.07, 6.45) is -2.96. The van der Waals surface area contributed by atoms with Crippen molar-refractivity contribution in [3.05, 3.63) is 64.1 Å². The number of benzene rings is 1. The molecule has 3 heterocycles. The molecule has 1 N–H and O–H groups in total. The van der Waals surface area contributed by atoms with Crippen molar-refractivity contribution in [1.29, 1.82) is 0 Å². The zero-order chi connectivity index (χ0) is 32.2. The van der Waals surface area contributed by atoms with Crippen LogP contribution in [0.5, 0.6) is 0 Å². The summed E-state index contributed by atoms with van der Waals surface area (Å²) in [5, 5.41) is 6.81. The molecule has 3 amide bonds. The molecule has 236 valence electrons. The van der Waals surface area contributed by atoms with Crippen molar-refractivity contribution in [2.75, 3.05) is 6.61 Å². The lowest BCUT2D eigenvalue weighted by atomic mass is 9.84. The molecule has 1 aromatic carbocycles. The maximum Gasteiger partial charge on any atom is 0.408 e. The van der Waals surface area contributed by atoms with Gasteiger partial charge in [-0.2, -0.15) is 18.3 Å². The summed E-state index contributed by atoms with van der Waals surface area (Å²) in [6, 6.07) is 5.82. The molecule has 1 fully saturated rings. The Labute approximate surface area is 256 Å². The van der Waals surface area contributed by atoms with Gasteiger partial charge in [0.1, 0.15) is 5.60 Å². The summed E-state index contributed by atoms with van der Waals surface area (Å²) in [5.74, 6) is -1.02. The third-order valence-corrected chi connectivity index (χ3v) is 7.79. The second kappa shape index (κ2) is 11.3. The summed E-state index contributed by atoms with van der Waals surface area (Å²) < 4.78 is 54.2. The van der Waals surface area contributed by atoms with Crippen molar-refractivity contribution in [2.45, 2.75) is 83.8 Å². The Balaban J connectivity index is 1.53. The first kappa shape index (κ1) is 31.7. The number of nitrogens with zero attached hydrogens (tertiary/aromatic N) is 4. The standard InChI is InChI=1S/C30H33ClF3N5O5/c1-28(2,3)44-27(42)36-20(13-29(4,5)30(32,33)34)21-14-38-23(35-21)12-19(24(31)37-38)22(15-43-16-10-11-16)39-25(40)17-8-6-7-9-18(17)26(39)41/h6-9,12,14,16,20,22H,10-11,13,15H2,1-5H3,(H,36,42)/t20-,22+/m0/s1. The molecule has 1 saturated carbocycles. The molecule has 3 aromatic rings. The van der Waals surface area contributed by atoms with Gasteiger partial charge in [-0.1, -0.05) is 37.6 Å². The lowest BCUT2D eigenvalue weighted by Gasteiger charge is -2.32. The number of ether oxygens (including phenoxy) is 2. The maximum atomic E-state index is 13.9. The van der Waals surface area contributed by atoms with Gasteiger partial charge in [-0.3, -0.25) is 14.5 Å². The third-order valence-electron chi connectivity index (χ3n) is 7.49. The zero-order valence-corrected chi connectivity index (χ0v) is 25.6. The molecule has 1 aliphatic carbocycles. The van der Waals surface area contributed by atoms with Crippen LogP contribution in [0.1, 0.15) is 97.9 Å². The van der Waals surface area contributed by atoms with E-state index in [1.807, 2.05) is 0 Å². The van der Waals surface area contributed by atoms with Crippen LogP contribution in [-0.2, 0) is 9.47 Å². The summed E-state index contributed by atoms with van der Waals surface area (Å²) in [4.78, 5) is 45.0. The predicted molar refractivity (Wildman–Crippen MR) is 153 cm³/mol. The number of carbonyl (C=O) groups is 3. The fourth-order valence-corrected chi connectivity index (χ4v) is 5.16. The highest BCUT2D eigenvalue weighted by Gasteiger charge is 2.49. The van der Waals surface area contributed by atoms with Crippen LogP contribution in [-0.4, -0.2) is 61.9 Å². The molecule has 5 rings (SSSR count). The Hall–Kier alpha value is -3.71. The molecule has 44 heavy (non-hydrogen) atoms. The lowest BCUT2D eigenvalue weighted by molar-refractivity contribution is -0.215. The highest BCUT2D eigenvalue weighted by Crippen LogP contribution is 2.44. The minimum atomic E-state index is -4.57. The van der Waals surface area contributed by atoms with Crippen molar-refractivity contribution in [2.24, 2.45) is 5.41 Å². The first-order valence-electron chi connectivity index (χ1n) is 14.2. The molecule has 0 saturated heterocycles. The van der Waals surface area contributed by atoms with Crippen LogP contribution in [0, 0.1) is 5.41 Å². The van der Waals surface area contributed by atoms with E-state index >= 15 is 0 Å². The van der Waals surface area contributed by atoms with E-state index in [0.717, 1.165) is 31.6 Å². The fourth-order valence-electron chi connectivity index (χ4n) is 4.90. The lowest BCUT2D eigenvalue weighted by Crippen LogP contribution is -2.40. The molecular weight excluding hydrogens is 603 g/mol. The monoisotopic (exact) mass is 635 g/mol. The number of fused-ring (bicyclic) bond motifs is 2. The molecule has 0 spiro atoms. The Morgan fingerprint density at radius 2 is 1.70 bits per heavy atom. The van der Waals surface area contributed by atoms with E-state index in [-0.39, 0.29) is 45.9 Å². The van der Waals surface area contributed by atoms with Gasteiger partial charge in [-0.15, -0.1) is 0 Å². The third kappa shape index (κ3) is 6.53. The Morgan fingerprint density at radius 1 is 1.09 bits per heavy atom. The number of carbonyl (C=O) groups excluding carboxylic acids is 3. The maximum absolute atomic E-state index is 13.9. The Bertz CT molecular complexity index is 1580. The van der Waals surface area contributed by atoms with E-state index in [9.17, 15) is 27.6 Å². The summed E-state index contributed by atoms with van der Waals surface area (Å²) in [6.45, 7) is 6.94. The Kier molecular flexibility index (Phi) is 8.17. The van der Waals surface area contributed by atoms with Crippen molar-refractivity contribution < 1.29 is 37.0 Å². The van der Waals surface area contributed by atoms with E-state index in [1.165, 1.54) is 16.8 Å². The number of halogens is 4. The van der Waals surface area contributed by atoms with Crippen molar-refractivity contribution in [3.8, 4) is 0 Å². The molecular formula is C30H33ClF3N5O5. The number of rotatable bonds is 9. The molecule has 1 aliphatic heterocycles. The van der Waals surface area contributed by atoms with Gasteiger partial charge in [0.25, 0.3) is 11.8 Å². The number of amides is 3. The molecule has 0 bridgehead atoms. The van der Waals surface area contributed by atoms with Crippen molar-refractivity contribution in [3.63, 3.8) is 0 Å². The van der Waals surface area contributed by atoms with E-state index in [4.69, 9.17) is 21.1 Å². The quantitative estimate of drug-likeness (QED) is 0.269. The average molecular weight is 636 g/mol. The van der Waals surface area contributed by atoms with E-state index in [1.54, 1.807) is 45.0 Å². The fraction of sp³-hybridized carbons (Fsp3) is 0.500. The van der Waals surface area contributed by atoms with Gasteiger partial charge in [-0.25, -0.2) is 14.3 Å². The van der Waals surface area contributed by atoms with Crippen LogP contribution in [0.25, 0.3) is 5.65 Å². The molecule has 2 atom stereocenters. The van der Waals surface area contributed by atoms with Crippen LogP contribution in [0.2, 0.25) is 5.15 Å². The number of alkyl carbamates (subject to hydrolysis) is 1. The Morgan fingerprint density at radius 3 is 2.25 bits per heavy atom. The number of hydrogen-bond acceptors (Lipinski definition) is 7. The summed E-state index contributed by atoms with van der Waals surface area (Å²) in [5.41, 5.74) is -2.04. The molecule has 2 aliphatic rings. The van der Waals surface area contributed by atoms with Crippen LogP contribution < -0.4 is 5.32 Å². The van der Waals surface area contributed by atoms with Crippen LogP contribution in [0.4, 0.5) is 18.0 Å². The number of hydrogen-bond donors (Lipinski definition) is 1. The first-order chi connectivity index (χ1) is 20.4. The average Bonchev–Trinajstić information content (AvgIpc) is 3.59. The molecule has 14 heteroatoms. The second-order valence-electron chi connectivity index (χ2n) is 12.7. The number of imide groups is 1. The molecule has 2 aromatic heterocycles. The zero-order valence-electron chi connectivity index (χ0n) is 24.9. The van der Waals surface area contributed by atoms with Gasteiger partial charge in [-0.05, 0) is 58.2 Å². The van der Waals surface area contributed by atoms with E-state index < -0.39 is 53.6 Å². The smallest absolute Gasteiger partial charge is 0.408 e. The van der Waals surface area contributed by atoms with Crippen molar-refractivity contribution >= 4 is 35.2 Å². The predicted octanol–water partition coefficient (Wildman–Crippen LogP) is 6.44. The number of aromatic nitrogens is 3. The molecule has 0 radical (unpaired) electrons. The van der Waals surface area contributed by atoms with Gasteiger partial charge < -0.3 is 14.8 Å². The normalized spacial score (nSPS) is 17.2. The highest BCUT2D eigenvalue weighted by atomic mass is 35.5. The van der Waals surface area contributed by atoms with Gasteiger partial charge in [0.15, 0.2) is 10.8 Å². The highest BCUT2D eigenvalue weighted by molar-refractivity contribution is 6.30. The first-order valence-corrected chi connectivity index (χ1v) is 14.5. The SMILES string of the molecule is CC(C)(C)OC(=O)N[C@@H](CC(C)(C)C(F)(F)F)c1cn2nc(Cl)c([C@@H](COC3CC3)N3C(=O)c4ccccc4C3=O)cc2n1. The van der Waals surface area contributed by atoms with E-state index in [2.05, 4.69) is 15.4 Å². The summed E-state index contributed by atoms with van der Waals surface area (Å²) >= 11 is 6.62. The minimum absolute atomic E-state index is 0.00199. The van der Waals surface area contributed by atoms with Gasteiger partial charge in [0, 0.05) is 5.56 Å². The van der Waals surface area contributed by atoms with Crippen LogP contribution >= 0.6 is 11.6 Å². The number of imidazole rings is 1. The van der Waals surface area contributed by atoms with Crippen LogP contribution in [0.15, 0.2) is 36.5 Å². The molecule has 10 nitrogen and oxygen atoms in total. The van der Waals surface area contributed by atoms with Gasteiger partial charge >= 0.3 is 12.3 Å². The van der Waals surface area contributed by atoms with E-state index in [0.29, 0.717) is 0 Å². The topological polar surface area (TPSA) is 115 Å². The second-order valence-corrected chi connectivity index (χ2v) is 13.1. The number of nitrogens with one attached hydrogen (secondary N) is 1. The van der Waals surface area contributed by atoms with Crippen molar-refractivity contribution in [1.82, 2.24) is 24.8 Å². The number of alkyl halides is 3. The summed E-state index contributed by atoms with van der Waals surface area (Å²) in [7, 11) is 0. The minimum Gasteiger partial charge on any atom is -0.444 e. The molecule has 0 unspecified atom stereocenters. The van der Waals surface area contributed by atoms with Crippen LogP contribution in [0.3, 0.4) is 0 Å². The largest absolute Gasteiger partial charge is 0.444 e. The van der Waals surface area contributed by atoms with Gasteiger partial charge in [0.2, 0.25) is 0 Å². The van der Waals surface area contributed by atoms with Gasteiger partial charge in [0.05, 0.1) is 53.2 Å².